The Kier molecular flexibility index (Phi) is 5.00. The van der Waals surface area contributed by atoms with Gasteiger partial charge in [0.1, 0.15) is 6.04 Å². The Balaban J connectivity index is 1.36. The lowest BCUT2D eigenvalue weighted by molar-refractivity contribution is -0.131. The molecule has 1 aromatic rings. The zero-order valence-corrected chi connectivity index (χ0v) is 15.8. The molecule has 3 aliphatic rings. The first-order valence-electron chi connectivity index (χ1n) is 10.3. The van der Waals surface area contributed by atoms with Gasteiger partial charge in [0.05, 0.1) is 12.6 Å². The Bertz CT molecular complexity index is 712. The van der Waals surface area contributed by atoms with Crippen LogP contribution < -0.4 is 5.32 Å². The van der Waals surface area contributed by atoms with E-state index in [1.165, 1.54) is 38.5 Å². The second-order valence-corrected chi connectivity index (χ2v) is 8.10. The van der Waals surface area contributed by atoms with Crippen molar-refractivity contribution in [3.8, 4) is 6.07 Å². The van der Waals surface area contributed by atoms with Crippen LogP contribution in [0.25, 0.3) is 0 Å². The third kappa shape index (κ3) is 3.38. The molecule has 1 aromatic carbocycles. The van der Waals surface area contributed by atoms with Crippen LogP contribution >= 0.6 is 0 Å². The zero-order chi connectivity index (χ0) is 18.1. The molecule has 0 heterocycles. The molecule has 0 aliphatic heterocycles. The monoisotopic (exact) mass is 351 g/mol. The Morgan fingerprint density at radius 3 is 2.46 bits per heavy atom. The number of aryl methyl sites for hydroxylation is 2. The summed E-state index contributed by atoms with van der Waals surface area (Å²) < 4.78 is 0. The highest BCUT2D eigenvalue weighted by atomic mass is 16.2. The number of fused-ring (bicyclic) bond motifs is 2. The molecule has 1 saturated carbocycles. The van der Waals surface area contributed by atoms with Crippen molar-refractivity contribution in [3.05, 3.63) is 33.9 Å². The number of rotatable bonds is 7. The van der Waals surface area contributed by atoms with Crippen LogP contribution in [0.2, 0.25) is 0 Å². The molecule has 1 fully saturated rings. The summed E-state index contributed by atoms with van der Waals surface area (Å²) >= 11 is 0. The molecule has 0 bridgehead atoms. The Morgan fingerprint density at radius 2 is 1.88 bits per heavy atom. The van der Waals surface area contributed by atoms with E-state index in [2.05, 4.69) is 17.5 Å². The fraction of sp³-hybridized carbons (Fsp3) is 0.636. The van der Waals surface area contributed by atoms with Crippen LogP contribution in [0, 0.1) is 11.3 Å². The molecule has 1 amide bonds. The third-order valence-corrected chi connectivity index (χ3v) is 6.26. The van der Waals surface area contributed by atoms with E-state index >= 15 is 0 Å². The standard InChI is InChI=1S/C22H29N3O/c1-15(13-23)25(18-8-9-18)22(26)14-24-11-10-21-19-6-2-4-16(19)12-17-5-3-7-20(17)21/h12,15,18,24H,2-11,14H2,1H3. The Hall–Kier alpha value is -1.86. The number of carbonyl (C=O) groups excluding carboxylic acids is 1. The molecule has 4 nitrogen and oxygen atoms in total. The quantitative estimate of drug-likeness (QED) is 0.769. The van der Waals surface area contributed by atoms with E-state index in [4.69, 9.17) is 5.26 Å². The Morgan fingerprint density at radius 1 is 1.23 bits per heavy atom. The van der Waals surface area contributed by atoms with E-state index in [-0.39, 0.29) is 11.9 Å². The van der Waals surface area contributed by atoms with Gasteiger partial charge in [0.15, 0.2) is 0 Å². The first kappa shape index (κ1) is 17.5. The minimum absolute atomic E-state index is 0.0741. The molecule has 3 aliphatic carbocycles. The maximum Gasteiger partial charge on any atom is 0.237 e. The molecule has 0 spiro atoms. The van der Waals surface area contributed by atoms with Gasteiger partial charge >= 0.3 is 0 Å². The maximum atomic E-state index is 12.5. The molecule has 0 aromatic heterocycles. The van der Waals surface area contributed by atoms with Crippen LogP contribution in [-0.2, 0) is 36.9 Å². The highest BCUT2D eigenvalue weighted by Gasteiger charge is 2.35. The predicted octanol–water partition coefficient (Wildman–Crippen LogP) is 2.70. The minimum Gasteiger partial charge on any atom is -0.323 e. The summed E-state index contributed by atoms with van der Waals surface area (Å²) in [4.78, 5) is 14.3. The second-order valence-electron chi connectivity index (χ2n) is 8.10. The average molecular weight is 351 g/mol. The number of amides is 1. The topological polar surface area (TPSA) is 56.1 Å². The maximum absolute atomic E-state index is 12.5. The first-order valence-corrected chi connectivity index (χ1v) is 10.3. The van der Waals surface area contributed by atoms with Crippen LogP contribution in [0.4, 0.5) is 0 Å². The molecule has 0 saturated heterocycles. The lowest BCUT2D eigenvalue weighted by Gasteiger charge is -2.25. The SMILES string of the molecule is CC(C#N)N(C(=O)CNCCc1c2c(cc3c1CCC3)CCC2)C1CC1. The lowest BCUT2D eigenvalue weighted by Crippen LogP contribution is -2.44. The van der Waals surface area contributed by atoms with Crippen LogP contribution in [0.15, 0.2) is 6.07 Å². The number of carbonyl (C=O) groups is 1. The molecule has 1 unspecified atom stereocenters. The lowest BCUT2D eigenvalue weighted by atomic mass is 9.92. The Labute approximate surface area is 156 Å². The van der Waals surface area contributed by atoms with Crippen LogP contribution in [-0.4, -0.2) is 36.0 Å². The fourth-order valence-corrected chi connectivity index (χ4v) is 4.89. The molecule has 1 atom stereocenters. The molecule has 4 heteroatoms. The molecule has 4 rings (SSSR count). The van der Waals surface area contributed by atoms with E-state index < -0.39 is 0 Å². The van der Waals surface area contributed by atoms with Gasteiger partial charge in [0.2, 0.25) is 5.91 Å². The van der Waals surface area contributed by atoms with Crippen molar-refractivity contribution in [2.75, 3.05) is 13.1 Å². The molecule has 1 N–H and O–H groups in total. The van der Waals surface area contributed by atoms with Gasteiger partial charge in [-0.2, -0.15) is 5.26 Å². The normalized spacial score (nSPS) is 18.9. The van der Waals surface area contributed by atoms with Crippen LogP contribution in [0.1, 0.15) is 60.4 Å². The van der Waals surface area contributed by atoms with E-state index in [1.54, 1.807) is 32.7 Å². The summed E-state index contributed by atoms with van der Waals surface area (Å²) in [5, 5.41) is 12.5. The average Bonchev–Trinajstić information content (AvgIpc) is 3.16. The van der Waals surface area contributed by atoms with E-state index in [9.17, 15) is 4.79 Å². The summed E-state index contributed by atoms with van der Waals surface area (Å²) in [6.45, 7) is 3.01. The van der Waals surface area contributed by atoms with E-state index in [0.717, 1.165) is 25.8 Å². The van der Waals surface area contributed by atoms with Gasteiger partial charge in [-0.1, -0.05) is 6.07 Å². The highest BCUT2D eigenvalue weighted by molar-refractivity contribution is 5.79. The van der Waals surface area contributed by atoms with E-state index in [0.29, 0.717) is 12.6 Å². The highest BCUT2D eigenvalue weighted by Crippen LogP contribution is 2.35. The van der Waals surface area contributed by atoms with Gasteiger partial charge in [0, 0.05) is 6.04 Å². The largest absolute Gasteiger partial charge is 0.323 e. The predicted molar refractivity (Wildman–Crippen MR) is 102 cm³/mol. The van der Waals surface area contributed by atoms with Gasteiger partial charge in [-0.3, -0.25) is 4.79 Å². The van der Waals surface area contributed by atoms with Gasteiger partial charge in [-0.25, -0.2) is 0 Å². The van der Waals surface area contributed by atoms with Gasteiger partial charge < -0.3 is 10.2 Å². The molecule has 138 valence electrons. The van der Waals surface area contributed by atoms with Gasteiger partial charge in [-0.05, 0) is 99.1 Å². The third-order valence-electron chi connectivity index (χ3n) is 6.26. The summed E-state index contributed by atoms with van der Waals surface area (Å²) in [5.41, 5.74) is 7.96. The van der Waals surface area contributed by atoms with Gasteiger partial charge in [0.25, 0.3) is 0 Å². The summed E-state index contributed by atoms with van der Waals surface area (Å²) in [7, 11) is 0. The number of nitrogens with one attached hydrogen (secondary N) is 1. The van der Waals surface area contributed by atoms with Crippen molar-refractivity contribution in [2.24, 2.45) is 0 Å². The van der Waals surface area contributed by atoms with Crippen molar-refractivity contribution in [3.63, 3.8) is 0 Å². The van der Waals surface area contributed by atoms with Crippen molar-refractivity contribution in [1.29, 1.82) is 5.26 Å². The molecule has 0 radical (unpaired) electrons. The van der Waals surface area contributed by atoms with Crippen molar-refractivity contribution >= 4 is 5.91 Å². The van der Waals surface area contributed by atoms with Crippen LogP contribution in [0.5, 0.6) is 0 Å². The smallest absolute Gasteiger partial charge is 0.237 e. The number of nitrogens with zero attached hydrogens (tertiary/aromatic N) is 2. The summed E-state index contributed by atoms with van der Waals surface area (Å²) in [6.07, 6.45) is 10.6. The van der Waals surface area contributed by atoms with Crippen molar-refractivity contribution in [2.45, 2.75) is 76.8 Å². The number of hydrogen-bond acceptors (Lipinski definition) is 3. The van der Waals surface area contributed by atoms with Crippen molar-refractivity contribution < 1.29 is 4.79 Å². The number of benzene rings is 1. The zero-order valence-electron chi connectivity index (χ0n) is 15.8. The van der Waals surface area contributed by atoms with Crippen molar-refractivity contribution in [1.82, 2.24) is 10.2 Å². The molecular formula is C22H29N3O. The fourth-order valence-electron chi connectivity index (χ4n) is 4.89. The number of nitriles is 1. The first-order chi connectivity index (χ1) is 12.7. The minimum atomic E-state index is -0.322. The van der Waals surface area contributed by atoms with E-state index in [1.807, 2.05) is 6.92 Å². The molecular weight excluding hydrogens is 322 g/mol. The van der Waals surface area contributed by atoms with Gasteiger partial charge in [-0.15, -0.1) is 0 Å². The number of hydrogen-bond donors (Lipinski definition) is 1. The second kappa shape index (κ2) is 7.40. The van der Waals surface area contributed by atoms with Crippen LogP contribution in [0.3, 0.4) is 0 Å². The summed E-state index contributed by atoms with van der Waals surface area (Å²) in [6, 6.07) is 4.66. The molecule has 26 heavy (non-hydrogen) atoms. The summed E-state index contributed by atoms with van der Waals surface area (Å²) in [5.74, 6) is 0.0741.